The van der Waals surface area contributed by atoms with Gasteiger partial charge in [-0.15, -0.1) is 0 Å². The van der Waals surface area contributed by atoms with Crippen LogP contribution in [0.4, 0.5) is 5.13 Å². The Kier molecular flexibility index (Phi) is 2.58. The number of fused-ring (bicyclic) bond motifs is 1. The van der Waals surface area contributed by atoms with Crippen LogP contribution in [0.25, 0.3) is 0 Å². The van der Waals surface area contributed by atoms with Crippen LogP contribution in [-0.4, -0.2) is 39.4 Å². The largest absolute Gasteiger partial charge is 0.357 e. The minimum atomic E-state index is 0.609. The molecule has 0 aromatic carbocycles. The van der Waals surface area contributed by atoms with Crippen LogP contribution in [-0.2, 0) is 0 Å². The van der Waals surface area contributed by atoms with Crippen LogP contribution in [0.2, 0.25) is 0 Å². The zero-order valence-corrected chi connectivity index (χ0v) is 9.54. The molecular formula is C10H16N4S. The molecule has 1 aromatic heterocycles. The fourth-order valence-corrected chi connectivity index (χ4v) is 3.27. The summed E-state index contributed by atoms with van der Waals surface area (Å²) in [6.07, 6.45) is 6.91. The van der Waals surface area contributed by atoms with Gasteiger partial charge >= 0.3 is 0 Å². The van der Waals surface area contributed by atoms with Gasteiger partial charge in [0.1, 0.15) is 6.33 Å². The molecule has 0 spiro atoms. The number of nitrogens with one attached hydrogen (secondary N) is 1. The molecule has 15 heavy (non-hydrogen) atoms. The quantitative estimate of drug-likeness (QED) is 0.828. The highest BCUT2D eigenvalue weighted by Crippen LogP contribution is 2.28. The molecule has 2 saturated heterocycles. The highest BCUT2D eigenvalue weighted by atomic mass is 32.1. The van der Waals surface area contributed by atoms with Gasteiger partial charge in [-0.3, -0.25) is 0 Å². The lowest BCUT2D eigenvalue weighted by Gasteiger charge is -2.34. The van der Waals surface area contributed by atoms with E-state index >= 15 is 0 Å². The Morgan fingerprint density at radius 2 is 2.40 bits per heavy atom. The van der Waals surface area contributed by atoms with Gasteiger partial charge in [-0.05, 0) is 32.2 Å². The lowest BCUT2D eigenvalue weighted by atomic mass is 9.98. The average molecular weight is 224 g/mol. The van der Waals surface area contributed by atoms with Crippen molar-refractivity contribution < 1.29 is 0 Å². The van der Waals surface area contributed by atoms with Crippen molar-refractivity contribution in [2.45, 2.75) is 37.8 Å². The summed E-state index contributed by atoms with van der Waals surface area (Å²) < 4.78 is 4.01. The van der Waals surface area contributed by atoms with E-state index in [4.69, 9.17) is 0 Å². The van der Waals surface area contributed by atoms with Gasteiger partial charge in [-0.25, -0.2) is 4.98 Å². The van der Waals surface area contributed by atoms with E-state index in [1.807, 2.05) is 0 Å². The first-order chi connectivity index (χ1) is 7.42. The van der Waals surface area contributed by atoms with Gasteiger partial charge < -0.3 is 10.2 Å². The third-order valence-electron chi connectivity index (χ3n) is 3.51. The van der Waals surface area contributed by atoms with Crippen molar-refractivity contribution in [1.29, 1.82) is 0 Å². The molecule has 5 heteroatoms. The van der Waals surface area contributed by atoms with Gasteiger partial charge in [0.25, 0.3) is 0 Å². The molecule has 2 fully saturated rings. The molecule has 1 N–H and O–H groups in total. The van der Waals surface area contributed by atoms with Crippen molar-refractivity contribution in [1.82, 2.24) is 14.3 Å². The average Bonchev–Trinajstić information content (AvgIpc) is 2.87. The zero-order valence-electron chi connectivity index (χ0n) is 8.72. The molecule has 3 heterocycles. The highest BCUT2D eigenvalue weighted by molar-refractivity contribution is 7.09. The van der Waals surface area contributed by atoms with Crippen LogP contribution >= 0.6 is 11.5 Å². The summed E-state index contributed by atoms with van der Waals surface area (Å²) in [6, 6.07) is 1.43. The van der Waals surface area contributed by atoms with Gasteiger partial charge in [0.15, 0.2) is 0 Å². The summed E-state index contributed by atoms with van der Waals surface area (Å²) in [5.41, 5.74) is 0. The Labute approximate surface area is 93.9 Å². The Morgan fingerprint density at radius 3 is 3.27 bits per heavy atom. The fourth-order valence-electron chi connectivity index (χ4n) is 2.77. The number of anilines is 1. The smallest absolute Gasteiger partial charge is 0.202 e. The van der Waals surface area contributed by atoms with Gasteiger partial charge in [-0.1, -0.05) is 0 Å². The van der Waals surface area contributed by atoms with E-state index in [0.717, 1.165) is 11.2 Å². The molecule has 0 aliphatic carbocycles. The Hall–Kier alpha value is -0.680. The minimum absolute atomic E-state index is 0.609. The van der Waals surface area contributed by atoms with Crippen molar-refractivity contribution in [3.8, 4) is 0 Å². The summed E-state index contributed by atoms with van der Waals surface area (Å²) in [5, 5.41) is 4.47. The van der Waals surface area contributed by atoms with Crippen LogP contribution in [0.1, 0.15) is 25.7 Å². The van der Waals surface area contributed by atoms with E-state index in [-0.39, 0.29) is 0 Å². The van der Waals surface area contributed by atoms with Gasteiger partial charge in [0.2, 0.25) is 5.13 Å². The summed E-state index contributed by atoms with van der Waals surface area (Å²) in [6.45, 7) is 2.57. The van der Waals surface area contributed by atoms with Gasteiger partial charge in [0, 0.05) is 30.2 Å². The first-order valence-corrected chi connectivity index (χ1v) is 6.46. The van der Waals surface area contributed by atoms with Crippen molar-refractivity contribution in [3.05, 3.63) is 6.33 Å². The summed E-state index contributed by atoms with van der Waals surface area (Å²) in [4.78, 5) is 6.82. The third-order valence-corrected chi connectivity index (χ3v) is 4.11. The molecule has 2 aliphatic heterocycles. The number of rotatable bonds is 2. The van der Waals surface area contributed by atoms with Crippen LogP contribution in [0.3, 0.4) is 0 Å². The second-order valence-electron chi connectivity index (χ2n) is 4.44. The first kappa shape index (κ1) is 9.54. The Balaban J connectivity index is 1.59. The summed E-state index contributed by atoms with van der Waals surface area (Å²) >= 11 is 1.46. The lowest BCUT2D eigenvalue weighted by Crippen LogP contribution is -2.42. The van der Waals surface area contributed by atoms with Gasteiger partial charge in [0.05, 0.1) is 0 Å². The molecule has 2 atom stereocenters. The number of hydrogen-bond acceptors (Lipinski definition) is 5. The minimum Gasteiger partial charge on any atom is -0.357 e. The van der Waals surface area contributed by atoms with Crippen molar-refractivity contribution in [3.63, 3.8) is 0 Å². The van der Waals surface area contributed by atoms with E-state index < -0.39 is 0 Å². The van der Waals surface area contributed by atoms with Gasteiger partial charge in [-0.2, -0.15) is 4.37 Å². The van der Waals surface area contributed by atoms with E-state index in [1.54, 1.807) is 6.33 Å². The van der Waals surface area contributed by atoms with Crippen molar-refractivity contribution in [2.75, 3.05) is 18.4 Å². The van der Waals surface area contributed by atoms with E-state index in [1.165, 1.54) is 50.3 Å². The number of piperidine rings is 1. The number of hydrogen-bond donors (Lipinski definition) is 1. The molecule has 4 nitrogen and oxygen atoms in total. The molecule has 0 saturated carbocycles. The molecule has 0 radical (unpaired) electrons. The van der Waals surface area contributed by atoms with Crippen molar-refractivity contribution >= 4 is 16.7 Å². The predicted molar refractivity (Wildman–Crippen MR) is 61.1 cm³/mol. The molecular weight excluding hydrogens is 208 g/mol. The maximum atomic E-state index is 4.18. The first-order valence-electron chi connectivity index (χ1n) is 5.69. The van der Waals surface area contributed by atoms with E-state index in [0.29, 0.717) is 6.04 Å². The Bertz CT molecular complexity index is 313. The SMILES string of the molecule is c1nsc(NC2CCN3CCCC3C2)n1. The second-order valence-corrected chi connectivity index (χ2v) is 5.22. The van der Waals surface area contributed by atoms with Crippen LogP contribution < -0.4 is 5.32 Å². The number of aromatic nitrogens is 2. The molecule has 0 bridgehead atoms. The molecule has 82 valence electrons. The van der Waals surface area contributed by atoms with E-state index in [2.05, 4.69) is 19.6 Å². The third kappa shape index (κ3) is 1.99. The molecule has 3 rings (SSSR count). The van der Waals surface area contributed by atoms with Crippen LogP contribution in [0, 0.1) is 0 Å². The maximum Gasteiger partial charge on any atom is 0.202 e. The molecule has 1 aromatic rings. The Morgan fingerprint density at radius 1 is 1.40 bits per heavy atom. The van der Waals surface area contributed by atoms with Crippen LogP contribution in [0.5, 0.6) is 0 Å². The number of nitrogens with zero attached hydrogens (tertiary/aromatic N) is 3. The summed E-state index contributed by atoms with van der Waals surface area (Å²) in [5.74, 6) is 0. The lowest BCUT2D eigenvalue weighted by molar-refractivity contribution is 0.188. The summed E-state index contributed by atoms with van der Waals surface area (Å²) in [7, 11) is 0. The predicted octanol–water partition coefficient (Wildman–Crippen LogP) is 1.58. The zero-order chi connectivity index (χ0) is 10.1. The highest BCUT2D eigenvalue weighted by Gasteiger charge is 2.31. The second kappa shape index (κ2) is 4.06. The fraction of sp³-hybridized carbons (Fsp3) is 0.800. The molecule has 2 aliphatic rings. The monoisotopic (exact) mass is 224 g/mol. The molecule has 0 amide bonds. The van der Waals surface area contributed by atoms with Crippen LogP contribution in [0.15, 0.2) is 6.33 Å². The van der Waals surface area contributed by atoms with E-state index in [9.17, 15) is 0 Å². The standard InChI is InChI=1S/C10H16N4S/c1-2-9-6-8(3-5-14(9)4-1)13-10-11-7-12-15-10/h7-9H,1-6H2,(H,11,12,13). The maximum absolute atomic E-state index is 4.18. The topological polar surface area (TPSA) is 41.1 Å². The molecule has 2 unspecified atom stereocenters. The van der Waals surface area contributed by atoms with Crippen molar-refractivity contribution in [2.24, 2.45) is 0 Å². The normalized spacial score (nSPS) is 31.5.